The summed E-state index contributed by atoms with van der Waals surface area (Å²) in [4.78, 5) is 8.42. The Kier molecular flexibility index (Phi) is 1.58. The Balaban J connectivity index is 1.48. The number of nitrogens with one attached hydrogen (secondary N) is 1. The van der Waals surface area contributed by atoms with E-state index in [-0.39, 0.29) is 0 Å². The van der Waals surface area contributed by atoms with Crippen LogP contribution < -0.4 is 11.1 Å². The highest BCUT2D eigenvalue weighted by Crippen LogP contribution is 2.66. The minimum atomic E-state index is 0.626. The van der Waals surface area contributed by atoms with Crippen molar-refractivity contribution in [2.24, 2.45) is 23.7 Å². The zero-order valence-electron chi connectivity index (χ0n) is 9.13. The molecule has 2 bridgehead atoms. The Morgan fingerprint density at radius 2 is 1.75 bits per heavy atom. The Labute approximate surface area is 94.7 Å². The number of fused-ring (bicyclic) bond motifs is 5. The molecule has 3 saturated carbocycles. The summed E-state index contributed by atoms with van der Waals surface area (Å²) >= 11 is 0. The van der Waals surface area contributed by atoms with E-state index in [0.717, 1.165) is 29.6 Å². The fourth-order valence-corrected chi connectivity index (χ4v) is 4.08. The highest BCUT2D eigenvalue weighted by atomic mass is 15.2. The normalized spacial score (nSPS) is 43.1. The lowest BCUT2D eigenvalue weighted by Gasteiger charge is -2.10. The van der Waals surface area contributed by atoms with Gasteiger partial charge in [0, 0.05) is 6.04 Å². The van der Waals surface area contributed by atoms with E-state index in [2.05, 4.69) is 15.3 Å². The lowest BCUT2D eigenvalue weighted by molar-refractivity contribution is 0.456. The second kappa shape index (κ2) is 2.87. The molecule has 4 heteroatoms. The molecule has 3 aliphatic carbocycles. The van der Waals surface area contributed by atoms with Gasteiger partial charge in [0.1, 0.15) is 0 Å². The molecule has 4 unspecified atom stereocenters. The van der Waals surface area contributed by atoms with Crippen molar-refractivity contribution in [3.8, 4) is 0 Å². The summed E-state index contributed by atoms with van der Waals surface area (Å²) in [6.45, 7) is 0. The molecule has 1 aromatic rings. The van der Waals surface area contributed by atoms with Gasteiger partial charge in [-0.05, 0) is 42.9 Å². The molecule has 4 rings (SSSR count). The van der Waals surface area contributed by atoms with Crippen LogP contribution in [0.1, 0.15) is 19.3 Å². The highest BCUT2D eigenvalue weighted by Gasteiger charge is 2.65. The zero-order valence-corrected chi connectivity index (χ0v) is 9.13. The van der Waals surface area contributed by atoms with Crippen molar-refractivity contribution >= 4 is 11.6 Å². The Bertz CT molecular complexity index is 400. The van der Waals surface area contributed by atoms with Crippen LogP contribution in [-0.2, 0) is 0 Å². The Hall–Kier alpha value is -1.32. The molecule has 0 amide bonds. The molecule has 84 valence electrons. The number of nitrogens with zero attached hydrogens (tertiary/aromatic N) is 2. The predicted octanol–water partition coefficient (Wildman–Crippen LogP) is 1.52. The summed E-state index contributed by atoms with van der Waals surface area (Å²) in [5.74, 6) is 4.55. The number of anilines is 2. The third-order valence-corrected chi connectivity index (χ3v) is 4.70. The molecule has 3 aliphatic rings. The average Bonchev–Trinajstić information content (AvgIpc) is 2.72. The van der Waals surface area contributed by atoms with Crippen molar-refractivity contribution in [2.45, 2.75) is 25.3 Å². The van der Waals surface area contributed by atoms with Crippen molar-refractivity contribution < 1.29 is 0 Å². The second-order valence-corrected chi connectivity index (χ2v) is 5.50. The summed E-state index contributed by atoms with van der Waals surface area (Å²) < 4.78 is 0. The van der Waals surface area contributed by atoms with Gasteiger partial charge in [-0.3, -0.25) is 0 Å². The molecule has 3 fully saturated rings. The maximum atomic E-state index is 5.57. The molecule has 0 saturated heterocycles. The first-order valence-corrected chi connectivity index (χ1v) is 6.17. The lowest BCUT2D eigenvalue weighted by atomic mass is 10.0. The molecule has 1 heterocycles. The summed E-state index contributed by atoms with van der Waals surface area (Å²) in [6, 6.07) is 0.648. The van der Waals surface area contributed by atoms with Gasteiger partial charge in [0.2, 0.25) is 5.95 Å². The summed E-state index contributed by atoms with van der Waals surface area (Å²) in [5, 5.41) is 3.47. The van der Waals surface area contributed by atoms with Crippen LogP contribution in [0.2, 0.25) is 0 Å². The minimum Gasteiger partial charge on any atom is -0.396 e. The SMILES string of the molecule is Nc1cnc(NC2C3C4CCC(C4)C23)nc1. The van der Waals surface area contributed by atoms with Gasteiger partial charge < -0.3 is 11.1 Å². The van der Waals surface area contributed by atoms with Crippen molar-refractivity contribution in [3.63, 3.8) is 0 Å². The topological polar surface area (TPSA) is 63.8 Å². The average molecular weight is 216 g/mol. The highest BCUT2D eigenvalue weighted by molar-refractivity contribution is 5.39. The van der Waals surface area contributed by atoms with Gasteiger partial charge in [0.15, 0.2) is 0 Å². The molecule has 4 atom stereocenters. The van der Waals surface area contributed by atoms with Crippen LogP contribution >= 0.6 is 0 Å². The van der Waals surface area contributed by atoms with Crippen molar-refractivity contribution in [1.29, 1.82) is 0 Å². The molecule has 4 nitrogen and oxygen atoms in total. The van der Waals surface area contributed by atoms with E-state index in [9.17, 15) is 0 Å². The molecular weight excluding hydrogens is 200 g/mol. The molecule has 0 radical (unpaired) electrons. The van der Waals surface area contributed by atoms with Crippen LogP contribution in [0.3, 0.4) is 0 Å². The first-order chi connectivity index (χ1) is 7.83. The van der Waals surface area contributed by atoms with Crippen LogP contribution in [0, 0.1) is 23.7 Å². The third-order valence-electron chi connectivity index (χ3n) is 4.70. The van der Waals surface area contributed by atoms with Crippen molar-refractivity contribution in [1.82, 2.24) is 9.97 Å². The minimum absolute atomic E-state index is 0.626. The van der Waals surface area contributed by atoms with Gasteiger partial charge in [0.05, 0.1) is 18.1 Å². The smallest absolute Gasteiger partial charge is 0.222 e. The van der Waals surface area contributed by atoms with E-state index in [1.807, 2.05) is 0 Å². The van der Waals surface area contributed by atoms with Gasteiger partial charge in [-0.25, -0.2) is 9.97 Å². The summed E-state index contributed by atoms with van der Waals surface area (Å²) in [7, 11) is 0. The number of hydrogen-bond donors (Lipinski definition) is 2. The lowest BCUT2D eigenvalue weighted by Crippen LogP contribution is -2.14. The fourth-order valence-electron chi connectivity index (χ4n) is 4.08. The molecule has 0 aliphatic heterocycles. The van der Waals surface area contributed by atoms with E-state index < -0.39 is 0 Å². The van der Waals surface area contributed by atoms with Gasteiger partial charge in [-0.2, -0.15) is 0 Å². The van der Waals surface area contributed by atoms with E-state index >= 15 is 0 Å². The molecule has 0 spiro atoms. The number of nitrogen functional groups attached to an aromatic ring is 1. The van der Waals surface area contributed by atoms with Crippen LogP contribution in [0.5, 0.6) is 0 Å². The van der Waals surface area contributed by atoms with E-state index in [1.165, 1.54) is 19.3 Å². The molecule has 3 N–H and O–H groups in total. The van der Waals surface area contributed by atoms with Crippen molar-refractivity contribution in [2.75, 3.05) is 11.1 Å². The molecule has 1 aromatic heterocycles. The summed E-state index contributed by atoms with van der Waals surface area (Å²) in [5.41, 5.74) is 6.19. The number of hydrogen-bond acceptors (Lipinski definition) is 4. The summed E-state index contributed by atoms with van der Waals surface area (Å²) in [6.07, 6.45) is 7.72. The Morgan fingerprint density at radius 3 is 2.38 bits per heavy atom. The van der Waals surface area contributed by atoms with E-state index in [0.29, 0.717) is 11.7 Å². The van der Waals surface area contributed by atoms with E-state index in [1.54, 1.807) is 12.4 Å². The number of nitrogens with two attached hydrogens (primary N) is 1. The Morgan fingerprint density at radius 1 is 1.12 bits per heavy atom. The van der Waals surface area contributed by atoms with Crippen LogP contribution in [0.25, 0.3) is 0 Å². The van der Waals surface area contributed by atoms with Gasteiger partial charge in [0.25, 0.3) is 0 Å². The van der Waals surface area contributed by atoms with Crippen LogP contribution in [0.4, 0.5) is 11.6 Å². The fraction of sp³-hybridized carbons (Fsp3) is 0.667. The zero-order chi connectivity index (χ0) is 10.7. The largest absolute Gasteiger partial charge is 0.396 e. The number of rotatable bonds is 2. The van der Waals surface area contributed by atoms with Crippen LogP contribution in [-0.4, -0.2) is 16.0 Å². The molecule has 16 heavy (non-hydrogen) atoms. The first-order valence-electron chi connectivity index (χ1n) is 6.17. The standard InChI is InChI=1S/C12H16N4/c13-8-4-14-12(15-5-8)16-11-9-6-1-2-7(3-6)10(9)11/h4-7,9-11H,1-3,13H2,(H,14,15,16). The first kappa shape index (κ1) is 8.79. The van der Waals surface area contributed by atoms with Gasteiger partial charge >= 0.3 is 0 Å². The quantitative estimate of drug-likeness (QED) is 0.786. The van der Waals surface area contributed by atoms with Gasteiger partial charge in [-0.15, -0.1) is 0 Å². The predicted molar refractivity (Wildman–Crippen MR) is 61.7 cm³/mol. The van der Waals surface area contributed by atoms with E-state index in [4.69, 9.17) is 5.73 Å². The molecule has 0 aromatic carbocycles. The van der Waals surface area contributed by atoms with Crippen LogP contribution in [0.15, 0.2) is 12.4 Å². The monoisotopic (exact) mass is 216 g/mol. The maximum Gasteiger partial charge on any atom is 0.222 e. The maximum absolute atomic E-state index is 5.57. The third kappa shape index (κ3) is 1.10. The number of aromatic nitrogens is 2. The second-order valence-electron chi connectivity index (χ2n) is 5.50. The van der Waals surface area contributed by atoms with Gasteiger partial charge in [-0.1, -0.05) is 0 Å². The molecular formula is C12H16N4. The van der Waals surface area contributed by atoms with Crippen molar-refractivity contribution in [3.05, 3.63) is 12.4 Å².